The Bertz CT molecular complexity index is 453. The third kappa shape index (κ3) is 2.88. The minimum absolute atomic E-state index is 0.0312. The van der Waals surface area contributed by atoms with Crippen LogP contribution in [0.3, 0.4) is 0 Å². The molecule has 0 saturated carbocycles. The molecule has 1 aromatic rings. The van der Waals surface area contributed by atoms with Crippen molar-refractivity contribution in [2.45, 2.75) is 58.7 Å². The third-order valence-electron chi connectivity index (χ3n) is 4.04. The van der Waals surface area contributed by atoms with E-state index in [1.807, 2.05) is 4.90 Å². The maximum atomic E-state index is 12.3. The van der Waals surface area contributed by atoms with Gasteiger partial charge in [0.25, 0.3) is 0 Å². The van der Waals surface area contributed by atoms with Crippen LogP contribution in [0.2, 0.25) is 0 Å². The van der Waals surface area contributed by atoms with Crippen molar-refractivity contribution in [2.75, 3.05) is 6.54 Å². The number of carbonyl (C=O) groups excluding carboxylic acids is 1. The topological polar surface area (TPSA) is 32.3 Å². The molecule has 0 radical (unpaired) electrons. The maximum absolute atomic E-state index is 12.3. The van der Waals surface area contributed by atoms with Crippen molar-refractivity contribution in [3.8, 4) is 0 Å². The summed E-state index contributed by atoms with van der Waals surface area (Å²) in [5.74, 6) is 0.782. The molecule has 1 amide bonds. The number of hydrogen-bond acceptors (Lipinski definition) is 2. The summed E-state index contributed by atoms with van der Waals surface area (Å²) in [7, 11) is 0. The van der Waals surface area contributed by atoms with Gasteiger partial charge in [-0.3, -0.25) is 10.1 Å². The highest BCUT2D eigenvalue weighted by molar-refractivity contribution is 5.84. The molecule has 3 nitrogen and oxygen atoms in total. The van der Waals surface area contributed by atoms with Gasteiger partial charge in [-0.25, -0.2) is 0 Å². The van der Waals surface area contributed by atoms with Gasteiger partial charge in [-0.05, 0) is 29.9 Å². The Kier molecular flexibility index (Phi) is 4.81. The lowest BCUT2D eigenvalue weighted by Gasteiger charge is -2.24. The average Bonchev–Trinajstić information content (AvgIpc) is 2.76. The summed E-state index contributed by atoms with van der Waals surface area (Å²) in [6.07, 6.45) is 1.87. The van der Waals surface area contributed by atoms with Gasteiger partial charge in [0.1, 0.15) is 6.17 Å². The Morgan fingerprint density at radius 3 is 2.35 bits per heavy atom. The molecule has 20 heavy (non-hydrogen) atoms. The Hall–Kier alpha value is -1.35. The fourth-order valence-corrected chi connectivity index (χ4v) is 2.79. The molecule has 1 heterocycles. The van der Waals surface area contributed by atoms with Gasteiger partial charge in [0.05, 0.1) is 6.04 Å². The second kappa shape index (κ2) is 6.40. The number of nitrogens with zero attached hydrogens (tertiary/aromatic N) is 1. The summed E-state index contributed by atoms with van der Waals surface area (Å²) < 4.78 is 0. The maximum Gasteiger partial charge on any atom is 0.241 e. The molecule has 0 bridgehead atoms. The molecular weight excluding hydrogens is 248 g/mol. The SMILES string of the molecule is CCCN1C(=O)C(CC)NC1c1ccc(C(C)C)cc1. The van der Waals surface area contributed by atoms with Crippen LogP contribution in [-0.2, 0) is 4.79 Å². The molecule has 3 heteroatoms. The molecular formula is C17H26N2O. The van der Waals surface area contributed by atoms with Crippen molar-refractivity contribution in [1.29, 1.82) is 0 Å². The van der Waals surface area contributed by atoms with Crippen molar-refractivity contribution in [1.82, 2.24) is 10.2 Å². The van der Waals surface area contributed by atoms with Gasteiger partial charge in [0.2, 0.25) is 5.91 Å². The van der Waals surface area contributed by atoms with E-state index >= 15 is 0 Å². The number of rotatable bonds is 5. The van der Waals surface area contributed by atoms with Crippen molar-refractivity contribution >= 4 is 5.91 Å². The van der Waals surface area contributed by atoms with Crippen LogP contribution in [0.15, 0.2) is 24.3 Å². The summed E-state index contributed by atoms with van der Waals surface area (Å²) in [5.41, 5.74) is 2.53. The minimum Gasteiger partial charge on any atom is -0.322 e. The van der Waals surface area contributed by atoms with E-state index in [-0.39, 0.29) is 18.1 Å². The first-order valence-electron chi connectivity index (χ1n) is 7.74. The van der Waals surface area contributed by atoms with Gasteiger partial charge >= 0.3 is 0 Å². The van der Waals surface area contributed by atoms with Crippen molar-refractivity contribution < 1.29 is 4.79 Å². The van der Waals surface area contributed by atoms with Crippen LogP contribution in [0.5, 0.6) is 0 Å². The van der Waals surface area contributed by atoms with Crippen LogP contribution in [0, 0.1) is 0 Å². The van der Waals surface area contributed by atoms with E-state index in [0.717, 1.165) is 19.4 Å². The molecule has 2 atom stereocenters. The lowest BCUT2D eigenvalue weighted by atomic mass is 10.0. The monoisotopic (exact) mass is 274 g/mol. The van der Waals surface area contributed by atoms with Gasteiger partial charge in [0.15, 0.2) is 0 Å². The largest absolute Gasteiger partial charge is 0.322 e. The predicted octanol–water partition coefficient (Wildman–Crippen LogP) is 3.43. The lowest BCUT2D eigenvalue weighted by Crippen LogP contribution is -2.31. The number of carbonyl (C=O) groups is 1. The highest BCUT2D eigenvalue weighted by Gasteiger charge is 2.37. The zero-order valence-electron chi connectivity index (χ0n) is 13.0. The fourth-order valence-electron chi connectivity index (χ4n) is 2.79. The van der Waals surface area contributed by atoms with Crippen LogP contribution in [-0.4, -0.2) is 23.4 Å². The number of hydrogen-bond donors (Lipinski definition) is 1. The highest BCUT2D eigenvalue weighted by atomic mass is 16.2. The first-order valence-corrected chi connectivity index (χ1v) is 7.74. The molecule has 1 fully saturated rings. The molecule has 0 aromatic heterocycles. The van der Waals surface area contributed by atoms with Crippen LogP contribution < -0.4 is 5.32 Å². The Morgan fingerprint density at radius 2 is 1.85 bits per heavy atom. The van der Waals surface area contributed by atoms with Gasteiger partial charge in [-0.2, -0.15) is 0 Å². The zero-order chi connectivity index (χ0) is 14.7. The van der Waals surface area contributed by atoms with E-state index in [1.165, 1.54) is 11.1 Å². The summed E-state index contributed by atoms with van der Waals surface area (Å²) in [6.45, 7) is 9.39. The van der Waals surface area contributed by atoms with Crippen LogP contribution in [0.25, 0.3) is 0 Å². The van der Waals surface area contributed by atoms with Gasteiger partial charge < -0.3 is 4.90 Å². The van der Waals surface area contributed by atoms with Crippen LogP contribution in [0.4, 0.5) is 0 Å². The number of nitrogens with one attached hydrogen (secondary N) is 1. The van der Waals surface area contributed by atoms with Gasteiger partial charge in [0, 0.05) is 6.54 Å². The van der Waals surface area contributed by atoms with E-state index in [9.17, 15) is 4.79 Å². The Morgan fingerprint density at radius 1 is 1.20 bits per heavy atom. The van der Waals surface area contributed by atoms with E-state index < -0.39 is 0 Å². The molecule has 2 rings (SSSR count). The van der Waals surface area contributed by atoms with Crippen molar-refractivity contribution in [3.05, 3.63) is 35.4 Å². The summed E-state index contributed by atoms with van der Waals surface area (Å²) in [4.78, 5) is 14.3. The molecule has 0 spiro atoms. The van der Waals surface area contributed by atoms with Gasteiger partial charge in [-0.1, -0.05) is 52.0 Å². The minimum atomic E-state index is -0.0312. The molecule has 110 valence electrons. The number of benzene rings is 1. The van der Waals surface area contributed by atoms with Crippen LogP contribution >= 0.6 is 0 Å². The zero-order valence-corrected chi connectivity index (χ0v) is 13.0. The molecule has 1 aliphatic rings. The molecule has 0 aliphatic carbocycles. The molecule has 2 unspecified atom stereocenters. The van der Waals surface area contributed by atoms with Crippen molar-refractivity contribution in [3.63, 3.8) is 0 Å². The Balaban J connectivity index is 2.23. The first-order chi connectivity index (χ1) is 9.58. The van der Waals surface area contributed by atoms with Crippen molar-refractivity contribution in [2.24, 2.45) is 0 Å². The standard InChI is InChI=1S/C17H26N2O/c1-5-11-19-16(18-15(6-2)17(19)20)14-9-7-13(8-10-14)12(3)4/h7-10,12,15-16,18H,5-6,11H2,1-4H3. The Labute approximate surface area is 122 Å². The second-order valence-corrected chi connectivity index (χ2v) is 5.88. The second-order valence-electron chi connectivity index (χ2n) is 5.88. The normalized spacial score (nSPS) is 22.9. The van der Waals surface area contributed by atoms with Gasteiger partial charge in [-0.15, -0.1) is 0 Å². The fraction of sp³-hybridized carbons (Fsp3) is 0.588. The summed E-state index contributed by atoms with van der Waals surface area (Å²) in [6, 6.07) is 8.63. The van der Waals surface area contributed by atoms with E-state index in [4.69, 9.17) is 0 Å². The smallest absolute Gasteiger partial charge is 0.241 e. The quantitative estimate of drug-likeness (QED) is 0.892. The molecule has 1 N–H and O–H groups in total. The highest BCUT2D eigenvalue weighted by Crippen LogP contribution is 2.27. The van der Waals surface area contributed by atoms with E-state index in [0.29, 0.717) is 5.92 Å². The average molecular weight is 274 g/mol. The predicted molar refractivity (Wildman–Crippen MR) is 82.5 cm³/mol. The lowest BCUT2D eigenvalue weighted by molar-refractivity contribution is -0.130. The number of amides is 1. The van der Waals surface area contributed by atoms with E-state index in [2.05, 4.69) is 57.3 Å². The summed E-state index contributed by atoms with van der Waals surface area (Å²) in [5, 5.41) is 3.47. The molecule has 1 aliphatic heterocycles. The van der Waals surface area contributed by atoms with E-state index in [1.54, 1.807) is 0 Å². The first kappa shape index (κ1) is 15.0. The molecule has 1 aromatic carbocycles. The summed E-state index contributed by atoms with van der Waals surface area (Å²) >= 11 is 0. The molecule has 1 saturated heterocycles. The third-order valence-corrected chi connectivity index (χ3v) is 4.04. The van der Waals surface area contributed by atoms with Crippen LogP contribution in [0.1, 0.15) is 63.7 Å².